The Morgan fingerprint density at radius 3 is 2.58 bits per heavy atom. The smallest absolute Gasteiger partial charge is 0.348 e. The summed E-state index contributed by atoms with van der Waals surface area (Å²) < 4.78 is 35.9. The van der Waals surface area contributed by atoms with Crippen LogP contribution in [-0.4, -0.2) is 23.6 Å². The second-order valence-electron chi connectivity index (χ2n) is 3.55. The molecule has 1 rings (SSSR count). The highest BCUT2D eigenvalue weighted by Gasteiger charge is 2.38. The molecular formula is C10H8BrF3N2O3. The Bertz CT molecular complexity index is 505. The molecule has 0 fully saturated rings. The van der Waals surface area contributed by atoms with Crippen molar-refractivity contribution in [1.29, 1.82) is 0 Å². The van der Waals surface area contributed by atoms with Crippen LogP contribution in [0.2, 0.25) is 0 Å². The normalized spacial score (nSPS) is 11.2. The van der Waals surface area contributed by atoms with E-state index in [1.165, 1.54) is 18.2 Å². The van der Waals surface area contributed by atoms with Gasteiger partial charge in [0.2, 0.25) is 0 Å². The molecule has 0 aliphatic rings. The van der Waals surface area contributed by atoms with E-state index in [2.05, 4.69) is 15.9 Å². The van der Waals surface area contributed by atoms with Crippen LogP contribution in [0.15, 0.2) is 22.7 Å². The Morgan fingerprint density at radius 2 is 2.05 bits per heavy atom. The number of halogens is 4. The summed E-state index contributed by atoms with van der Waals surface area (Å²) in [6.07, 6.45) is -4.86. The number of hydrogen-bond acceptors (Lipinski definition) is 3. The lowest BCUT2D eigenvalue weighted by atomic mass is 10.1. The van der Waals surface area contributed by atoms with Crippen molar-refractivity contribution in [3.63, 3.8) is 0 Å². The Kier molecular flexibility index (Phi) is 4.87. The Hall–Kier alpha value is -1.64. The molecule has 0 aliphatic heterocycles. The molecule has 0 radical (unpaired) electrons. The Morgan fingerprint density at radius 1 is 1.42 bits per heavy atom. The second kappa shape index (κ2) is 6.00. The lowest BCUT2D eigenvalue weighted by molar-refractivity contribution is -0.385. The molecule has 0 aliphatic carbocycles. The third kappa shape index (κ3) is 4.51. The van der Waals surface area contributed by atoms with Gasteiger partial charge in [0.25, 0.3) is 5.69 Å². The van der Waals surface area contributed by atoms with E-state index < -0.39 is 17.0 Å². The first-order valence-electron chi connectivity index (χ1n) is 4.99. The number of nitrogens with zero attached hydrogens (tertiary/aromatic N) is 1. The SMILES string of the molecule is O=C(NCCc1ccc(Br)c([N+](=O)[O-])c1)C(F)(F)F. The molecule has 0 bridgehead atoms. The minimum Gasteiger partial charge on any atom is -0.348 e. The molecule has 19 heavy (non-hydrogen) atoms. The van der Waals surface area contributed by atoms with Crippen LogP contribution in [0, 0.1) is 10.1 Å². The molecule has 1 aromatic carbocycles. The summed E-state index contributed by atoms with van der Waals surface area (Å²) in [5.74, 6) is -2.03. The zero-order chi connectivity index (χ0) is 14.6. The van der Waals surface area contributed by atoms with E-state index in [-0.39, 0.29) is 23.1 Å². The van der Waals surface area contributed by atoms with E-state index in [4.69, 9.17) is 0 Å². The minimum absolute atomic E-state index is 0.0654. The lowest BCUT2D eigenvalue weighted by Crippen LogP contribution is -2.37. The number of carbonyl (C=O) groups excluding carboxylic acids is 1. The summed E-state index contributed by atoms with van der Waals surface area (Å²) >= 11 is 2.99. The standard InChI is InChI=1S/C10H8BrF3N2O3/c11-7-2-1-6(5-8(7)16(18)19)3-4-15-9(17)10(12,13)14/h1-2,5H,3-4H2,(H,15,17). The molecule has 104 valence electrons. The van der Waals surface area contributed by atoms with Crippen molar-refractivity contribution in [3.8, 4) is 0 Å². The van der Waals surface area contributed by atoms with Crippen LogP contribution in [0.1, 0.15) is 5.56 Å². The number of nitro benzene ring substituents is 1. The number of nitrogens with one attached hydrogen (secondary N) is 1. The first-order valence-corrected chi connectivity index (χ1v) is 5.79. The van der Waals surface area contributed by atoms with Gasteiger partial charge < -0.3 is 5.32 Å². The maximum atomic E-state index is 11.9. The average Bonchev–Trinajstić information content (AvgIpc) is 2.29. The minimum atomic E-state index is -4.92. The fourth-order valence-corrected chi connectivity index (χ4v) is 1.67. The van der Waals surface area contributed by atoms with E-state index >= 15 is 0 Å². The van der Waals surface area contributed by atoms with Gasteiger partial charge in [-0.25, -0.2) is 0 Å². The number of rotatable bonds is 4. The highest BCUT2D eigenvalue weighted by molar-refractivity contribution is 9.10. The quantitative estimate of drug-likeness (QED) is 0.676. The molecule has 1 N–H and O–H groups in total. The summed E-state index contributed by atoms with van der Waals surface area (Å²) in [7, 11) is 0. The van der Waals surface area contributed by atoms with E-state index in [1.54, 1.807) is 5.32 Å². The zero-order valence-corrected chi connectivity index (χ0v) is 10.9. The largest absolute Gasteiger partial charge is 0.471 e. The molecule has 5 nitrogen and oxygen atoms in total. The summed E-state index contributed by atoms with van der Waals surface area (Å²) in [4.78, 5) is 20.6. The second-order valence-corrected chi connectivity index (χ2v) is 4.40. The molecule has 0 heterocycles. The van der Waals surface area contributed by atoms with Gasteiger partial charge in [-0.2, -0.15) is 13.2 Å². The number of alkyl halides is 3. The van der Waals surface area contributed by atoms with Gasteiger partial charge in [0, 0.05) is 12.6 Å². The van der Waals surface area contributed by atoms with Gasteiger partial charge in [0.15, 0.2) is 0 Å². The fourth-order valence-electron chi connectivity index (χ4n) is 1.27. The van der Waals surface area contributed by atoms with Gasteiger partial charge in [0.05, 0.1) is 9.40 Å². The number of hydrogen-bond donors (Lipinski definition) is 1. The van der Waals surface area contributed by atoms with Crippen molar-refractivity contribution in [1.82, 2.24) is 5.32 Å². The predicted molar refractivity (Wildman–Crippen MR) is 63.6 cm³/mol. The van der Waals surface area contributed by atoms with Gasteiger partial charge in [0.1, 0.15) is 0 Å². The van der Waals surface area contributed by atoms with E-state index in [9.17, 15) is 28.1 Å². The van der Waals surface area contributed by atoms with Crippen LogP contribution in [0.5, 0.6) is 0 Å². The zero-order valence-electron chi connectivity index (χ0n) is 9.33. The number of amides is 1. The summed E-state index contributed by atoms with van der Waals surface area (Å²) in [6.45, 7) is -0.253. The van der Waals surface area contributed by atoms with Crippen LogP contribution in [0.4, 0.5) is 18.9 Å². The van der Waals surface area contributed by atoms with Crippen molar-refractivity contribution >= 4 is 27.5 Å². The predicted octanol–water partition coefficient (Wildman–Crippen LogP) is 2.58. The molecule has 0 atom stereocenters. The fraction of sp³-hybridized carbons (Fsp3) is 0.300. The first-order chi connectivity index (χ1) is 8.71. The van der Waals surface area contributed by atoms with Crippen LogP contribution in [-0.2, 0) is 11.2 Å². The maximum absolute atomic E-state index is 11.9. The van der Waals surface area contributed by atoms with Crippen molar-refractivity contribution in [3.05, 3.63) is 38.3 Å². The molecule has 1 amide bonds. The third-order valence-corrected chi connectivity index (χ3v) is 2.83. The molecule has 0 saturated carbocycles. The van der Waals surface area contributed by atoms with Gasteiger partial charge in [-0.05, 0) is 34.0 Å². The van der Waals surface area contributed by atoms with E-state index in [1.807, 2.05) is 0 Å². The summed E-state index contributed by atoms with van der Waals surface area (Å²) in [5, 5.41) is 12.3. The maximum Gasteiger partial charge on any atom is 0.471 e. The van der Waals surface area contributed by atoms with Crippen LogP contribution >= 0.6 is 15.9 Å². The highest BCUT2D eigenvalue weighted by Crippen LogP contribution is 2.25. The van der Waals surface area contributed by atoms with E-state index in [0.29, 0.717) is 5.56 Å². The van der Waals surface area contributed by atoms with Gasteiger partial charge in [-0.3, -0.25) is 14.9 Å². The topological polar surface area (TPSA) is 72.2 Å². The molecule has 0 aromatic heterocycles. The first kappa shape index (κ1) is 15.4. The van der Waals surface area contributed by atoms with Crippen LogP contribution < -0.4 is 5.32 Å². The molecular weight excluding hydrogens is 333 g/mol. The average molecular weight is 341 g/mol. The van der Waals surface area contributed by atoms with Gasteiger partial charge >= 0.3 is 12.1 Å². The van der Waals surface area contributed by atoms with Crippen molar-refractivity contribution < 1.29 is 22.9 Å². The number of carbonyl (C=O) groups is 1. The van der Waals surface area contributed by atoms with Gasteiger partial charge in [-0.15, -0.1) is 0 Å². The van der Waals surface area contributed by atoms with Crippen molar-refractivity contribution in [2.24, 2.45) is 0 Å². The monoisotopic (exact) mass is 340 g/mol. The lowest BCUT2D eigenvalue weighted by Gasteiger charge is -2.07. The highest BCUT2D eigenvalue weighted by atomic mass is 79.9. The Labute approximate surface area is 114 Å². The molecule has 0 spiro atoms. The number of benzene rings is 1. The van der Waals surface area contributed by atoms with Crippen LogP contribution in [0.25, 0.3) is 0 Å². The summed E-state index contributed by atoms with van der Waals surface area (Å²) in [6, 6.07) is 4.19. The van der Waals surface area contributed by atoms with Crippen molar-refractivity contribution in [2.75, 3.05) is 6.54 Å². The van der Waals surface area contributed by atoms with Gasteiger partial charge in [-0.1, -0.05) is 6.07 Å². The molecule has 0 saturated heterocycles. The molecule has 1 aromatic rings. The Balaban J connectivity index is 2.62. The number of nitro groups is 1. The van der Waals surface area contributed by atoms with E-state index in [0.717, 1.165) is 0 Å². The van der Waals surface area contributed by atoms with Crippen LogP contribution in [0.3, 0.4) is 0 Å². The van der Waals surface area contributed by atoms with Crippen molar-refractivity contribution in [2.45, 2.75) is 12.6 Å². The molecule has 0 unspecified atom stereocenters. The third-order valence-electron chi connectivity index (χ3n) is 2.16. The summed E-state index contributed by atoms with van der Waals surface area (Å²) in [5.41, 5.74) is 0.275. The molecule has 9 heteroatoms.